The number of nitrogens with one attached hydrogen (secondary N) is 1. The normalized spacial score (nSPS) is 11.6. The minimum Gasteiger partial charge on any atom is -0.207 e. The Morgan fingerprint density at radius 3 is 2.24 bits per heavy atom. The van der Waals surface area contributed by atoms with Gasteiger partial charge in [0, 0.05) is 11.0 Å². The molecule has 21 heavy (non-hydrogen) atoms. The van der Waals surface area contributed by atoms with Crippen LogP contribution in [0.2, 0.25) is 0 Å². The van der Waals surface area contributed by atoms with Crippen molar-refractivity contribution >= 4 is 26.0 Å². The maximum absolute atomic E-state index is 12.4. The van der Waals surface area contributed by atoms with Gasteiger partial charge in [0.05, 0.1) is 4.90 Å². The van der Waals surface area contributed by atoms with E-state index in [0.717, 1.165) is 26.7 Å². The maximum Gasteiger partial charge on any atom is 0.241 e. The third-order valence-corrected chi connectivity index (χ3v) is 5.73. The Bertz CT molecular complexity index is 753. The lowest BCUT2D eigenvalue weighted by Crippen LogP contribution is -2.24. The fraction of sp³-hybridized carbons (Fsp3) is 0.250. The predicted octanol–water partition coefficient (Wildman–Crippen LogP) is 3.85. The minimum atomic E-state index is -3.51. The third-order valence-electron chi connectivity index (χ3n) is 3.33. The first-order valence-corrected chi connectivity index (χ1v) is 8.89. The number of sulfonamides is 1. The molecule has 0 atom stereocenters. The van der Waals surface area contributed by atoms with Crippen LogP contribution in [-0.4, -0.2) is 8.42 Å². The molecule has 0 saturated carbocycles. The van der Waals surface area contributed by atoms with E-state index in [2.05, 4.69) is 20.7 Å². The molecule has 1 N–H and O–H groups in total. The summed E-state index contributed by atoms with van der Waals surface area (Å²) >= 11 is 3.41. The Morgan fingerprint density at radius 1 is 1.00 bits per heavy atom. The molecule has 0 aliphatic carbocycles. The van der Waals surface area contributed by atoms with Gasteiger partial charge in [-0.15, -0.1) is 0 Å². The summed E-state index contributed by atoms with van der Waals surface area (Å²) in [6, 6.07) is 11.3. The molecule has 2 rings (SSSR count). The van der Waals surface area contributed by atoms with Gasteiger partial charge in [-0.1, -0.05) is 45.8 Å². The van der Waals surface area contributed by atoms with E-state index in [4.69, 9.17) is 0 Å². The van der Waals surface area contributed by atoms with Gasteiger partial charge in [-0.2, -0.15) is 0 Å². The number of hydrogen-bond donors (Lipinski definition) is 1. The van der Waals surface area contributed by atoms with Gasteiger partial charge < -0.3 is 0 Å². The number of benzene rings is 2. The minimum absolute atomic E-state index is 0.289. The van der Waals surface area contributed by atoms with Crippen molar-refractivity contribution in [3.63, 3.8) is 0 Å². The number of rotatable bonds is 4. The second-order valence-electron chi connectivity index (χ2n) is 5.18. The SMILES string of the molecule is Cc1ccc(CNS(=O)(=O)c2cc(C)c(Br)cc2C)cc1. The highest BCUT2D eigenvalue weighted by molar-refractivity contribution is 9.10. The second kappa shape index (κ2) is 6.30. The lowest BCUT2D eigenvalue weighted by molar-refractivity contribution is 0.580. The molecule has 2 aromatic carbocycles. The number of hydrogen-bond acceptors (Lipinski definition) is 2. The molecule has 0 bridgehead atoms. The zero-order valence-corrected chi connectivity index (χ0v) is 14.7. The van der Waals surface area contributed by atoms with Crippen LogP contribution < -0.4 is 4.72 Å². The molecular formula is C16H18BrNO2S. The predicted molar refractivity (Wildman–Crippen MR) is 88.8 cm³/mol. The summed E-state index contributed by atoms with van der Waals surface area (Å²) in [7, 11) is -3.51. The van der Waals surface area contributed by atoms with Crippen molar-refractivity contribution in [3.05, 3.63) is 63.1 Å². The number of aryl methyl sites for hydroxylation is 3. The smallest absolute Gasteiger partial charge is 0.207 e. The lowest BCUT2D eigenvalue weighted by Gasteiger charge is -2.11. The van der Waals surface area contributed by atoms with E-state index >= 15 is 0 Å². The van der Waals surface area contributed by atoms with Gasteiger partial charge in [-0.3, -0.25) is 0 Å². The van der Waals surface area contributed by atoms with Gasteiger partial charge in [-0.05, 0) is 49.6 Å². The molecule has 112 valence electrons. The van der Waals surface area contributed by atoms with Crippen molar-refractivity contribution < 1.29 is 8.42 Å². The molecular weight excluding hydrogens is 350 g/mol. The van der Waals surface area contributed by atoms with Crippen LogP contribution in [0.25, 0.3) is 0 Å². The molecule has 0 heterocycles. The van der Waals surface area contributed by atoms with E-state index in [-0.39, 0.29) is 6.54 Å². The summed E-state index contributed by atoms with van der Waals surface area (Å²) in [6.45, 7) is 5.96. The Morgan fingerprint density at radius 2 is 1.62 bits per heavy atom. The first kappa shape index (κ1) is 16.2. The van der Waals surface area contributed by atoms with Crippen LogP contribution in [0.15, 0.2) is 45.8 Å². The first-order chi connectivity index (χ1) is 9.79. The van der Waals surface area contributed by atoms with Crippen LogP contribution in [0.5, 0.6) is 0 Å². The average molecular weight is 368 g/mol. The van der Waals surface area contributed by atoms with Crippen LogP contribution in [0.3, 0.4) is 0 Å². The lowest BCUT2D eigenvalue weighted by atomic mass is 10.2. The van der Waals surface area contributed by atoms with E-state index in [0.29, 0.717) is 4.90 Å². The highest BCUT2D eigenvalue weighted by Gasteiger charge is 2.17. The van der Waals surface area contributed by atoms with Crippen LogP contribution >= 0.6 is 15.9 Å². The Hall–Kier alpha value is -1.17. The van der Waals surface area contributed by atoms with Crippen LogP contribution in [0.4, 0.5) is 0 Å². The van der Waals surface area contributed by atoms with Crippen molar-refractivity contribution in [3.8, 4) is 0 Å². The van der Waals surface area contributed by atoms with E-state index < -0.39 is 10.0 Å². The van der Waals surface area contributed by atoms with E-state index in [1.807, 2.05) is 44.2 Å². The summed E-state index contributed by atoms with van der Waals surface area (Å²) in [5.41, 5.74) is 3.72. The monoisotopic (exact) mass is 367 g/mol. The Kier molecular flexibility index (Phi) is 4.86. The highest BCUT2D eigenvalue weighted by Crippen LogP contribution is 2.24. The molecule has 0 radical (unpaired) electrons. The largest absolute Gasteiger partial charge is 0.241 e. The van der Waals surface area contributed by atoms with Gasteiger partial charge in [0.2, 0.25) is 10.0 Å². The molecule has 0 unspecified atom stereocenters. The molecule has 3 nitrogen and oxygen atoms in total. The zero-order chi connectivity index (χ0) is 15.6. The topological polar surface area (TPSA) is 46.2 Å². The Labute approximate surface area is 134 Å². The van der Waals surface area contributed by atoms with Gasteiger partial charge in [0.25, 0.3) is 0 Å². The third kappa shape index (κ3) is 3.93. The molecule has 0 aromatic heterocycles. The fourth-order valence-corrected chi connectivity index (χ4v) is 3.79. The quantitative estimate of drug-likeness (QED) is 0.891. The summed E-state index contributed by atoms with van der Waals surface area (Å²) < 4.78 is 28.4. The standard InChI is InChI=1S/C16H18BrNO2S/c1-11-4-6-14(7-5-11)10-18-21(19,20)16-9-12(2)15(17)8-13(16)3/h4-9,18H,10H2,1-3H3. The summed E-state index contributed by atoms with van der Waals surface area (Å²) in [5.74, 6) is 0. The van der Waals surface area contributed by atoms with Crippen molar-refractivity contribution in [1.82, 2.24) is 4.72 Å². The Balaban J connectivity index is 2.22. The molecule has 0 aliphatic heterocycles. The summed E-state index contributed by atoms with van der Waals surface area (Å²) in [5, 5.41) is 0. The zero-order valence-electron chi connectivity index (χ0n) is 12.3. The van der Waals surface area contributed by atoms with E-state index in [9.17, 15) is 8.42 Å². The van der Waals surface area contributed by atoms with E-state index in [1.54, 1.807) is 13.0 Å². The van der Waals surface area contributed by atoms with Crippen molar-refractivity contribution in [2.75, 3.05) is 0 Å². The van der Waals surface area contributed by atoms with Crippen molar-refractivity contribution in [1.29, 1.82) is 0 Å². The van der Waals surface area contributed by atoms with Crippen LogP contribution in [0, 0.1) is 20.8 Å². The van der Waals surface area contributed by atoms with Gasteiger partial charge in [-0.25, -0.2) is 13.1 Å². The molecule has 0 amide bonds. The molecule has 0 saturated heterocycles. The van der Waals surface area contributed by atoms with Crippen LogP contribution in [-0.2, 0) is 16.6 Å². The molecule has 0 spiro atoms. The molecule has 0 aliphatic rings. The molecule has 2 aromatic rings. The summed E-state index contributed by atoms with van der Waals surface area (Å²) in [6.07, 6.45) is 0. The summed E-state index contributed by atoms with van der Waals surface area (Å²) in [4.78, 5) is 0.329. The van der Waals surface area contributed by atoms with Gasteiger partial charge in [0.15, 0.2) is 0 Å². The molecule has 5 heteroatoms. The molecule has 0 fully saturated rings. The number of halogens is 1. The van der Waals surface area contributed by atoms with E-state index in [1.165, 1.54) is 0 Å². The van der Waals surface area contributed by atoms with Gasteiger partial charge in [0.1, 0.15) is 0 Å². The first-order valence-electron chi connectivity index (χ1n) is 6.61. The average Bonchev–Trinajstić information content (AvgIpc) is 2.42. The second-order valence-corrected chi connectivity index (χ2v) is 7.77. The van der Waals surface area contributed by atoms with Crippen molar-refractivity contribution in [2.24, 2.45) is 0 Å². The van der Waals surface area contributed by atoms with Crippen molar-refractivity contribution in [2.45, 2.75) is 32.2 Å². The van der Waals surface area contributed by atoms with Gasteiger partial charge >= 0.3 is 0 Å². The fourth-order valence-electron chi connectivity index (χ4n) is 2.01. The maximum atomic E-state index is 12.4. The highest BCUT2D eigenvalue weighted by atomic mass is 79.9. The van der Waals surface area contributed by atoms with Crippen LogP contribution in [0.1, 0.15) is 22.3 Å².